The first-order valence-electron chi connectivity index (χ1n) is 9.04. The molecule has 2 aliphatic rings. The van der Waals surface area contributed by atoms with Gasteiger partial charge in [-0.05, 0) is 47.8 Å². The number of anilines is 2. The van der Waals surface area contributed by atoms with Crippen molar-refractivity contribution < 1.29 is 8.42 Å². The molecule has 0 aliphatic carbocycles. The zero-order valence-corrected chi connectivity index (χ0v) is 18.4. The summed E-state index contributed by atoms with van der Waals surface area (Å²) >= 11 is 4.58. The molecule has 10 heteroatoms. The smallest absolute Gasteiger partial charge is 0.252 e. The molecule has 7 nitrogen and oxygen atoms in total. The Kier molecular flexibility index (Phi) is 5.41. The number of sulfonamides is 1. The van der Waals surface area contributed by atoms with Crippen LogP contribution in [0.2, 0.25) is 0 Å². The molecule has 2 aromatic rings. The summed E-state index contributed by atoms with van der Waals surface area (Å²) < 4.78 is 28.3. The van der Waals surface area contributed by atoms with E-state index in [-0.39, 0.29) is 0 Å². The Morgan fingerprint density at radius 1 is 1.00 bits per heavy atom. The van der Waals surface area contributed by atoms with Crippen molar-refractivity contribution >= 4 is 49.1 Å². The van der Waals surface area contributed by atoms with E-state index in [0.29, 0.717) is 36.3 Å². The Labute approximate surface area is 172 Å². The molecule has 0 N–H and O–H groups in total. The molecule has 0 radical (unpaired) electrons. The Balaban J connectivity index is 1.48. The van der Waals surface area contributed by atoms with E-state index in [2.05, 4.69) is 30.7 Å². The van der Waals surface area contributed by atoms with Crippen molar-refractivity contribution in [2.45, 2.75) is 24.0 Å². The van der Waals surface area contributed by atoms with Gasteiger partial charge in [0, 0.05) is 51.0 Å². The van der Waals surface area contributed by atoms with Crippen molar-refractivity contribution in [2.75, 3.05) is 49.1 Å². The second kappa shape index (κ2) is 7.65. The molecule has 0 aromatic carbocycles. The van der Waals surface area contributed by atoms with E-state index in [1.807, 2.05) is 13.0 Å². The van der Waals surface area contributed by atoms with Crippen molar-refractivity contribution in [3.05, 3.63) is 27.7 Å². The molecule has 2 saturated heterocycles. The maximum atomic E-state index is 12.8. The molecular weight excluding hydrogens is 450 g/mol. The number of rotatable bonds is 4. The van der Waals surface area contributed by atoms with Gasteiger partial charge in [-0.1, -0.05) is 0 Å². The fourth-order valence-corrected chi connectivity index (χ4v) is 7.06. The van der Waals surface area contributed by atoms with Gasteiger partial charge in [-0.3, -0.25) is 0 Å². The van der Waals surface area contributed by atoms with E-state index in [9.17, 15) is 8.42 Å². The fourth-order valence-electron chi connectivity index (χ4n) is 3.48. The second-order valence-corrected chi connectivity index (χ2v) is 11.4. The number of aromatic nitrogens is 2. The first-order chi connectivity index (χ1) is 12.9. The van der Waals surface area contributed by atoms with E-state index in [1.165, 1.54) is 24.2 Å². The summed E-state index contributed by atoms with van der Waals surface area (Å²) in [6.07, 6.45) is 2.40. The molecule has 2 aromatic heterocycles. The lowest BCUT2D eigenvalue weighted by molar-refractivity contribution is 0.383. The van der Waals surface area contributed by atoms with Gasteiger partial charge in [-0.15, -0.1) is 11.3 Å². The fraction of sp³-hybridized carbons (Fsp3) is 0.529. The number of aryl methyl sites for hydroxylation is 1. The quantitative estimate of drug-likeness (QED) is 0.682. The van der Waals surface area contributed by atoms with E-state index in [0.717, 1.165) is 28.4 Å². The minimum absolute atomic E-state index is 0.381. The molecular formula is C17H22BrN5O2S2. The van der Waals surface area contributed by atoms with Crippen molar-refractivity contribution in [3.63, 3.8) is 0 Å². The first-order valence-corrected chi connectivity index (χ1v) is 12.1. The molecule has 2 fully saturated rings. The van der Waals surface area contributed by atoms with Crippen LogP contribution in [0.3, 0.4) is 0 Å². The normalized spacial score (nSPS) is 19.0. The summed E-state index contributed by atoms with van der Waals surface area (Å²) in [5.74, 6) is 1.68. The number of hydrogen-bond donors (Lipinski definition) is 0. The molecule has 0 spiro atoms. The molecule has 4 heterocycles. The van der Waals surface area contributed by atoms with Crippen LogP contribution >= 0.6 is 27.3 Å². The van der Waals surface area contributed by atoms with Gasteiger partial charge in [-0.2, -0.15) is 9.29 Å². The lowest BCUT2D eigenvalue weighted by Crippen LogP contribution is -2.49. The lowest BCUT2D eigenvalue weighted by atomic mass is 10.3. The molecule has 2 aliphatic heterocycles. The minimum atomic E-state index is -3.43. The zero-order chi connectivity index (χ0) is 19.0. The topological polar surface area (TPSA) is 69.6 Å². The monoisotopic (exact) mass is 471 g/mol. The SMILES string of the molecule is Cc1cc(N2CCCC2)nc(N2CCN(S(=O)(=O)c3ccc(Br)s3)CC2)n1. The number of hydrogen-bond acceptors (Lipinski definition) is 7. The highest BCUT2D eigenvalue weighted by atomic mass is 79.9. The summed E-state index contributed by atoms with van der Waals surface area (Å²) in [4.78, 5) is 13.7. The Morgan fingerprint density at radius 3 is 2.33 bits per heavy atom. The van der Waals surface area contributed by atoms with Gasteiger partial charge in [0.1, 0.15) is 10.0 Å². The van der Waals surface area contributed by atoms with E-state index in [4.69, 9.17) is 4.98 Å². The van der Waals surface area contributed by atoms with Gasteiger partial charge in [0.05, 0.1) is 3.79 Å². The van der Waals surface area contributed by atoms with Gasteiger partial charge in [-0.25, -0.2) is 13.4 Å². The van der Waals surface area contributed by atoms with Crippen LogP contribution in [0, 0.1) is 6.92 Å². The number of thiophene rings is 1. The van der Waals surface area contributed by atoms with E-state index in [1.54, 1.807) is 16.4 Å². The molecule has 27 heavy (non-hydrogen) atoms. The number of nitrogens with zero attached hydrogens (tertiary/aromatic N) is 5. The third-order valence-electron chi connectivity index (χ3n) is 4.92. The van der Waals surface area contributed by atoms with Crippen LogP contribution in [0.15, 0.2) is 26.2 Å². The van der Waals surface area contributed by atoms with Crippen molar-refractivity contribution in [1.82, 2.24) is 14.3 Å². The van der Waals surface area contributed by atoms with Crippen molar-refractivity contribution in [2.24, 2.45) is 0 Å². The van der Waals surface area contributed by atoms with Crippen LogP contribution in [-0.2, 0) is 10.0 Å². The zero-order valence-electron chi connectivity index (χ0n) is 15.1. The predicted molar refractivity (Wildman–Crippen MR) is 111 cm³/mol. The first kappa shape index (κ1) is 19.1. The lowest BCUT2D eigenvalue weighted by Gasteiger charge is -2.34. The maximum Gasteiger partial charge on any atom is 0.252 e. The van der Waals surface area contributed by atoms with Crippen LogP contribution in [-0.4, -0.2) is 62.0 Å². The van der Waals surface area contributed by atoms with Crippen LogP contribution in [0.1, 0.15) is 18.5 Å². The van der Waals surface area contributed by atoms with Crippen LogP contribution in [0.5, 0.6) is 0 Å². The summed E-state index contributed by atoms with van der Waals surface area (Å²) in [6.45, 7) is 6.13. The summed E-state index contributed by atoms with van der Waals surface area (Å²) in [5, 5.41) is 0. The van der Waals surface area contributed by atoms with Gasteiger partial charge in [0.15, 0.2) is 0 Å². The molecule has 0 unspecified atom stereocenters. The van der Waals surface area contributed by atoms with Gasteiger partial charge in [0.25, 0.3) is 10.0 Å². The highest BCUT2D eigenvalue weighted by Gasteiger charge is 2.30. The van der Waals surface area contributed by atoms with Gasteiger partial charge >= 0.3 is 0 Å². The molecule has 0 saturated carbocycles. The predicted octanol–water partition coefficient (Wildman–Crippen LogP) is 2.72. The van der Waals surface area contributed by atoms with Gasteiger partial charge < -0.3 is 9.80 Å². The number of halogens is 1. The van der Waals surface area contributed by atoms with E-state index < -0.39 is 10.0 Å². The highest BCUT2D eigenvalue weighted by molar-refractivity contribution is 9.11. The standard InChI is InChI=1S/C17H22BrN5O2S2/c1-13-12-15(21-6-2-3-7-21)20-17(19-13)22-8-10-23(11-9-22)27(24,25)16-5-4-14(18)26-16/h4-5,12H,2-3,6-11H2,1H3. The van der Waals surface area contributed by atoms with E-state index >= 15 is 0 Å². The third-order valence-corrected chi connectivity index (χ3v) is 8.91. The molecule has 146 valence electrons. The second-order valence-electron chi connectivity index (χ2n) is 6.81. The Morgan fingerprint density at radius 2 is 1.70 bits per heavy atom. The van der Waals surface area contributed by atoms with Gasteiger partial charge in [0.2, 0.25) is 5.95 Å². The van der Waals surface area contributed by atoms with Crippen LogP contribution in [0.25, 0.3) is 0 Å². The van der Waals surface area contributed by atoms with Crippen LogP contribution in [0.4, 0.5) is 11.8 Å². The largest absolute Gasteiger partial charge is 0.356 e. The summed E-state index contributed by atoms with van der Waals surface area (Å²) in [7, 11) is -3.43. The summed E-state index contributed by atoms with van der Waals surface area (Å²) in [5.41, 5.74) is 0.945. The Hall–Kier alpha value is -1.23. The Bertz CT molecular complexity index is 919. The highest BCUT2D eigenvalue weighted by Crippen LogP contribution is 2.29. The average Bonchev–Trinajstić information content (AvgIpc) is 3.33. The summed E-state index contributed by atoms with van der Waals surface area (Å²) in [6, 6.07) is 5.46. The molecule has 0 amide bonds. The maximum absolute atomic E-state index is 12.8. The molecule has 0 atom stereocenters. The van der Waals surface area contributed by atoms with Crippen LogP contribution < -0.4 is 9.80 Å². The molecule has 4 rings (SSSR count). The van der Waals surface area contributed by atoms with Crippen molar-refractivity contribution in [3.8, 4) is 0 Å². The third kappa shape index (κ3) is 3.98. The minimum Gasteiger partial charge on any atom is -0.356 e. The van der Waals surface area contributed by atoms with Crippen molar-refractivity contribution in [1.29, 1.82) is 0 Å². The average molecular weight is 472 g/mol. The molecule has 0 bridgehead atoms. The number of piperazine rings is 1.